The van der Waals surface area contributed by atoms with E-state index in [0.717, 1.165) is 6.42 Å². The number of carbonyl (C=O) groups is 1. The van der Waals surface area contributed by atoms with Crippen molar-refractivity contribution in [3.05, 3.63) is 12.2 Å². The molecule has 0 aromatic rings. The van der Waals surface area contributed by atoms with Crippen molar-refractivity contribution in [3.8, 4) is 0 Å². The highest BCUT2D eigenvalue weighted by Crippen LogP contribution is 2.06. The molecule has 0 amide bonds. The first kappa shape index (κ1) is 7.12. The Hall–Kier alpha value is -0.990. The highest BCUT2D eigenvalue weighted by molar-refractivity contribution is 5.62. The lowest BCUT2D eigenvalue weighted by Crippen LogP contribution is -2.04. The van der Waals surface area contributed by atoms with Crippen molar-refractivity contribution in [2.75, 3.05) is 6.61 Å². The Morgan fingerprint density at radius 3 is 3.10 bits per heavy atom. The molecule has 0 aliphatic carbocycles. The number of allylic oxidation sites excluding steroid dienone is 1. The van der Waals surface area contributed by atoms with Crippen molar-refractivity contribution >= 4 is 6.16 Å². The zero-order valence-corrected chi connectivity index (χ0v) is 5.87. The van der Waals surface area contributed by atoms with Crippen LogP contribution in [-0.4, -0.2) is 18.9 Å². The maximum absolute atomic E-state index is 10.3. The van der Waals surface area contributed by atoms with Gasteiger partial charge in [-0.3, -0.25) is 0 Å². The Kier molecular flexibility index (Phi) is 2.31. The fraction of sp³-hybridized carbons (Fsp3) is 0.571. The maximum Gasteiger partial charge on any atom is 0.509 e. The normalized spacial score (nSPS) is 24.9. The molecule has 3 heteroatoms. The third-order valence-corrected chi connectivity index (χ3v) is 1.20. The standard InChI is InChI=1S/C7H10O3/c1-2-3-4-6-5-9-7(8)10-6/h3-4,6H,2,5H2,1H3. The smallest absolute Gasteiger partial charge is 0.430 e. The summed E-state index contributed by atoms with van der Waals surface area (Å²) in [7, 11) is 0. The topological polar surface area (TPSA) is 35.5 Å². The molecule has 3 nitrogen and oxygen atoms in total. The fourth-order valence-electron chi connectivity index (χ4n) is 0.725. The molecule has 1 atom stereocenters. The molecule has 1 unspecified atom stereocenters. The Bertz CT molecular complexity index is 151. The number of hydrogen-bond acceptors (Lipinski definition) is 3. The summed E-state index contributed by atoms with van der Waals surface area (Å²) in [5.74, 6) is 0. The Morgan fingerprint density at radius 1 is 1.80 bits per heavy atom. The quantitative estimate of drug-likeness (QED) is 0.433. The van der Waals surface area contributed by atoms with Gasteiger partial charge in [0.2, 0.25) is 0 Å². The molecule has 1 fully saturated rings. The molecule has 1 saturated heterocycles. The van der Waals surface area contributed by atoms with Crippen LogP contribution in [0.4, 0.5) is 4.79 Å². The van der Waals surface area contributed by atoms with Crippen molar-refractivity contribution in [2.24, 2.45) is 0 Å². The van der Waals surface area contributed by atoms with Crippen molar-refractivity contribution in [1.82, 2.24) is 0 Å². The van der Waals surface area contributed by atoms with E-state index in [9.17, 15) is 4.79 Å². The number of rotatable bonds is 2. The number of cyclic esters (lactones) is 2. The maximum atomic E-state index is 10.3. The van der Waals surface area contributed by atoms with E-state index >= 15 is 0 Å². The number of hydrogen-bond donors (Lipinski definition) is 0. The summed E-state index contributed by atoms with van der Waals surface area (Å²) in [6.45, 7) is 2.38. The second-order valence-electron chi connectivity index (χ2n) is 2.05. The van der Waals surface area contributed by atoms with Crippen LogP contribution in [0.25, 0.3) is 0 Å². The SMILES string of the molecule is CCC=CC1COC(=O)O1. The van der Waals surface area contributed by atoms with Crippen molar-refractivity contribution in [2.45, 2.75) is 19.4 Å². The van der Waals surface area contributed by atoms with Gasteiger partial charge >= 0.3 is 6.16 Å². The average Bonchev–Trinajstić information content (AvgIpc) is 2.31. The van der Waals surface area contributed by atoms with Gasteiger partial charge in [-0.05, 0) is 12.5 Å². The van der Waals surface area contributed by atoms with Gasteiger partial charge in [0.25, 0.3) is 0 Å². The van der Waals surface area contributed by atoms with Crippen LogP contribution in [-0.2, 0) is 9.47 Å². The van der Waals surface area contributed by atoms with Gasteiger partial charge in [-0.2, -0.15) is 0 Å². The lowest BCUT2D eigenvalue weighted by atomic mass is 10.3. The summed E-state index contributed by atoms with van der Waals surface area (Å²) < 4.78 is 9.27. The van der Waals surface area contributed by atoms with Crippen molar-refractivity contribution < 1.29 is 14.3 Å². The molecule has 1 aliphatic rings. The minimum absolute atomic E-state index is 0.160. The molecule has 0 spiro atoms. The zero-order chi connectivity index (χ0) is 7.40. The minimum Gasteiger partial charge on any atom is -0.430 e. The largest absolute Gasteiger partial charge is 0.509 e. The molecule has 1 rings (SSSR count). The summed E-state index contributed by atoms with van der Waals surface area (Å²) in [6, 6.07) is 0. The van der Waals surface area contributed by atoms with Gasteiger partial charge in [-0.25, -0.2) is 4.79 Å². The first-order valence-corrected chi connectivity index (χ1v) is 3.33. The molecular formula is C7H10O3. The van der Waals surface area contributed by atoms with Gasteiger partial charge in [-0.1, -0.05) is 13.0 Å². The first-order chi connectivity index (χ1) is 4.83. The number of ether oxygens (including phenoxy) is 2. The minimum atomic E-state index is -0.564. The van der Waals surface area contributed by atoms with Crippen LogP contribution in [0.1, 0.15) is 13.3 Å². The summed E-state index contributed by atoms with van der Waals surface area (Å²) >= 11 is 0. The van der Waals surface area contributed by atoms with Crippen LogP contribution in [0, 0.1) is 0 Å². The van der Waals surface area contributed by atoms with Crippen LogP contribution in [0.5, 0.6) is 0 Å². The van der Waals surface area contributed by atoms with Crippen LogP contribution in [0.3, 0.4) is 0 Å². The molecule has 0 N–H and O–H groups in total. The second-order valence-corrected chi connectivity index (χ2v) is 2.05. The molecule has 0 radical (unpaired) electrons. The van der Waals surface area contributed by atoms with Crippen LogP contribution in [0.2, 0.25) is 0 Å². The van der Waals surface area contributed by atoms with Gasteiger partial charge < -0.3 is 9.47 Å². The first-order valence-electron chi connectivity index (χ1n) is 3.33. The van der Waals surface area contributed by atoms with Gasteiger partial charge in [0, 0.05) is 0 Å². The summed E-state index contributed by atoms with van der Waals surface area (Å²) in [5.41, 5.74) is 0. The molecule has 10 heavy (non-hydrogen) atoms. The third kappa shape index (κ3) is 1.76. The van der Waals surface area contributed by atoms with E-state index in [1.165, 1.54) is 0 Å². The highest BCUT2D eigenvalue weighted by atomic mass is 16.8. The molecule has 1 heterocycles. The lowest BCUT2D eigenvalue weighted by Gasteiger charge is -1.95. The third-order valence-electron chi connectivity index (χ3n) is 1.20. The molecular weight excluding hydrogens is 132 g/mol. The van der Waals surface area contributed by atoms with Gasteiger partial charge in [0.1, 0.15) is 6.61 Å². The van der Waals surface area contributed by atoms with Gasteiger partial charge in [0.15, 0.2) is 6.10 Å². The Morgan fingerprint density at radius 2 is 2.60 bits per heavy atom. The highest BCUT2D eigenvalue weighted by Gasteiger charge is 2.21. The average molecular weight is 142 g/mol. The summed E-state index contributed by atoms with van der Waals surface area (Å²) in [5, 5.41) is 0. The van der Waals surface area contributed by atoms with E-state index in [1.807, 2.05) is 19.1 Å². The van der Waals surface area contributed by atoms with Crippen LogP contribution in [0.15, 0.2) is 12.2 Å². The van der Waals surface area contributed by atoms with Crippen LogP contribution >= 0.6 is 0 Å². The van der Waals surface area contributed by atoms with E-state index in [-0.39, 0.29) is 6.10 Å². The van der Waals surface area contributed by atoms with E-state index < -0.39 is 6.16 Å². The molecule has 0 bridgehead atoms. The van der Waals surface area contributed by atoms with Gasteiger partial charge in [0.05, 0.1) is 0 Å². The predicted molar refractivity (Wildman–Crippen MR) is 35.7 cm³/mol. The molecule has 56 valence electrons. The summed E-state index contributed by atoms with van der Waals surface area (Å²) in [4.78, 5) is 10.3. The van der Waals surface area contributed by atoms with E-state index in [2.05, 4.69) is 4.74 Å². The van der Waals surface area contributed by atoms with Crippen LogP contribution < -0.4 is 0 Å². The summed E-state index contributed by atoms with van der Waals surface area (Å²) in [6.07, 6.45) is 4.02. The monoisotopic (exact) mass is 142 g/mol. The Balaban J connectivity index is 2.31. The molecule has 0 saturated carbocycles. The van der Waals surface area contributed by atoms with Crippen molar-refractivity contribution in [1.29, 1.82) is 0 Å². The van der Waals surface area contributed by atoms with E-state index in [0.29, 0.717) is 6.61 Å². The molecule has 0 aromatic heterocycles. The Labute approximate surface area is 59.6 Å². The zero-order valence-electron chi connectivity index (χ0n) is 5.87. The van der Waals surface area contributed by atoms with Gasteiger partial charge in [-0.15, -0.1) is 0 Å². The van der Waals surface area contributed by atoms with E-state index in [1.54, 1.807) is 0 Å². The predicted octanol–water partition coefficient (Wildman–Crippen LogP) is 1.49. The van der Waals surface area contributed by atoms with Crippen molar-refractivity contribution in [3.63, 3.8) is 0 Å². The second kappa shape index (κ2) is 3.25. The number of carbonyl (C=O) groups excluding carboxylic acids is 1. The lowest BCUT2D eigenvalue weighted by molar-refractivity contribution is 0.125. The fourth-order valence-corrected chi connectivity index (χ4v) is 0.725. The molecule has 1 aliphatic heterocycles. The van der Waals surface area contributed by atoms with E-state index in [4.69, 9.17) is 4.74 Å². The molecule has 0 aromatic carbocycles.